The van der Waals surface area contributed by atoms with Crippen molar-refractivity contribution < 1.29 is 14.5 Å². The van der Waals surface area contributed by atoms with E-state index in [-0.39, 0.29) is 16.9 Å². The third-order valence-corrected chi connectivity index (χ3v) is 2.57. The maximum atomic E-state index is 11.7. The number of hydrogen-bond acceptors (Lipinski definition) is 5. The third-order valence-electron chi connectivity index (χ3n) is 2.57. The van der Waals surface area contributed by atoms with Crippen molar-refractivity contribution in [2.24, 2.45) is 0 Å². The van der Waals surface area contributed by atoms with Gasteiger partial charge in [0.2, 0.25) is 0 Å². The summed E-state index contributed by atoms with van der Waals surface area (Å²) in [5.74, 6) is -0.560. The second-order valence-electron chi connectivity index (χ2n) is 3.67. The maximum Gasteiger partial charge on any atom is 0.338 e. The summed E-state index contributed by atoms with van der Waals surface area (Å²) < 4.78 is 4.66. The highest BCUT2D eigenvalue weighted by atomic mass is 16.6. The van der Waals surface area contributed by atoms with Crippen LogP contribution in [0, 0.1) is 10.1 Å². The van der Waals surface area contributed by atoms with Gasteiger partial charge in [-0.3, -0.25) is 10.1 Å². The van der Waals surface area contributed by atoms with Crippen molar-refractivity contribution in [3.8, 4) is 11.3 Å². The van der Waals surface area contributed by atoms with Gasteiger partial charge in [0.25, 0.3) is 5.69 Å². The summed E-state index contributed by atoms with van der Waals surface area (Å²) in [5.41, 5.74) is 0.612. The molecule has 0 unspecified atom stereocenters. The molecule has 0 saturated carbocycles. The van der Waals surface area contributed by atoms with Crippen molar-refractivity contribution in [3.63, 3.8) is 0 Å². The Bertz CT molecular complexity index is 640. The molecule has 0 saturated heterocycles. The van der Waals surface area contributed by atoms with Crippen LogP contribution in [0.25, 0.3) is 11.3 Å². The van der Waals surface area contributed by atoms with Crippen molar-refractivity contribution in [1.29, 1.82) is 0 Å². The normalized spacial score (nSPS) is 9.95. The van der Waals surface area contributed by atoms with E-state index in [1.807, 2.05) is 0 Å². The quantitative estimate of drug-likeness (QED) is 0.479. The van der Waals surface area contributed by atoms with E-state index in [0.717, 1.165) is 0 Å². The van der Waals surface area contributed by atoms with Gasteiger partial charge in [-0.15, -0.1) is 0 Å². The van der Waals surface area contributed by atoms with Gasteiger partial charge in [0.15, 0.2) is 0 Å². The molecule has 0 radical (unpaired) electrons. The molecular formula is C13H10N2O4. The molecule has 2 aromatic rings. The van der Waals surface area contributed by atoms with E-state index >= 15 is 0 Å². The predicted octanol–water partition coefficient (Wildman–Crippen LogP) is 2.44. The second kappa shape index (κ2) is 5.26. The summed E-state index contributed by atoms with van der Waals surface area (Å²) in [7, 11) is 1.26. The Labute approximate surface area is 108 Å². The fourth-order valence-electron chi connectivity index (χ4n) is 1.73. The Morgan fingerprint density at radius 1 is 1.26 bits per heavy atom. The molecular weight excluding hydrogens is 248 g/mol. The zero-order chi connectivity index (χ0) is 13.8. The van der Waals surface area contributed by atoms with Crippen molar-refractivity contribution in [2.45, 2.75) is 0 Å². The number of ether oxygens (including phenoxy) is 1. The number of carbonyl (C=O) groups excluding carboxylic acids is 1. The van der Waals surface area contributed by atoms with Crippen LogP contribution in [0.3, 0.4) is 0 Å². The van der Waals surface area contributed by atoms with Crippen molar-refractivity contribution >= 4 is 11.7 Å². The highest BCUT2D eigenvalue weighted by molar-refractivity contribution is 5.97. The molecule has 0 amide bonds. The van der Waals surface area contributed by atoms with E-state index in [0.29, 0.717) is 5.56 Å². The fraction of sp³-hybridized carbons (Fsp3) is 0.0769. The lowest BCUT2D eigenvalue weighted by atomic mass is 10.0. The summed E-state index contributed by atoms with van der Waals surface area (Å²) in [6.45, 7) is 0. The number of rotatable bonds is 3. The molecule has 0 fully saturated rings. The lowest BCUT2D eigenvalue weighted by Gasteiger charge is -2.07. The average Bonchev–Trinajstić information content (AvgIpc) is 2.46. The third kappa shape index (κ3) is 2.42. The van der Waals surface area contributed by atoms with Gasteiger partial charge in [-0.1, -0.05) is 18.2 Å². The van der Waals surface area contributed by atoms with Crippen molar-refractivity contribution in [1.82, 2.24) is 4.98 Å². The standard InChI is InChI=1S/C13H10N2O4/c1-19-13(16)10-6-3-2-5-9(10)12-11(15(17)18)7-4-8-14-12/h2-8H,1H3. The monoisotopic (exact) mass is 258 g/mol. The molecule has 0 spiro atoms. The van der Waals surface area contributed by atoms with E-state index in [1.165, 1.54) is 25.4 Å². The number of aromatic nitrogens is 1. The lowest BCUT2D eigenvalue weighted by molar-refractivity contribution is -0.384. The van der Waals surface area contributed by atoms with E-state index in [1.54, 1.807) is 24.3 Å². The van der Waals surface area contributed by atoms with Crippen LogP contribution < -0.4 is 0 Å². The molecule has 0 aliphatic rings. The van der Waals surface area contributed by atoms with Crippen LogP contribution in [-0.2, 0) is 4.74 Å². The van der Waals surface area contributed by atoms with E-state index < -0.39 is 10.9 Å². The van der Waals surface area contributed by atoms with Crippen LogP contribution >= 0.6 is 0 Å². The lowest BCUT2D eigenvalue weighted by Crippen LogP contribution is -2.05. The maximum absolute atomic E-state index is 11.7. The van der Waals surface area contributed by atoms with Gasteiger partial charge in [-0.25, -0.2) is 9.78 Å². The first-order valence-electron chi connectivity index (χ1n) is 5.42. The molecule has 2 rings (SSSR count). The van der Waals surface area contributed by atoms with Gasteiger partial charge in [0.1, 0.15) is 5.69 Å². The summed E-state index contributed by atoms with van der Waals surface area (Å²) in [6, 6.07) is 9.30. The zero-order valence-electron chi connectivity index (χ0n) is 10.1. The van der Waals surface area contributed by atoms with Crippen LogP contribution in [-0.4, -0.2) is 23.0 Å². The van der Waals surface area contributed by atoms with Gasteiger partial charge in [0.05, 0.1) is 17.6 Å². The molecule has 0 bridgehead atoms. The van der Waals surface area contributed by atoms with Crippen LogP contribution in [0.4, 0.5) is 5.69 Å². The van der Waals surface area contributed by atoms with Gasteiger partial charge in [0, 0.05) is 17.8 Å². The topological polar surface area (TPSA) is 82.3 Å². The van der Waals surface area contributed by atoms with Crippen LogP contribution in [0.1, 0.15) is 10.4 Å². The number of benzene rings is 1. The Morgan fingerprint density at radius 2 is 2.00 bits per heavy atom. The average molecular weight is 258 g/mol. The first-order chi connectivity index (χ1) is 9.15. The molecule has 1 aromatic carbocycles. The van der Waals surface area contributed by atoms with Crippen molar-refractivity contribution in [3.05, 3.63) is 58.3 Å². The molecule has 1 heterocycles. The summed E-state index contributed by atoms with van der Waals surface area (Å²) in [6.07, 6.45) is 1.44. The summed E-state index contributed by atoms with van der Waals surface area (Å²) in [5, 5.41) is 11.0. The summed E-state index contributed by atoms with van der Waals surface area (Å²) in [4.78, 5) is 26.1. The van der Waals surface area contributed by atoms with Gasteiger partial charge in [-0.2, -0.15) is 0 Å². The fourth-order valence-corrected chi connectivity index (χ4v) is 1.73. The minimum atomic E-state index is -0.560. The highest BCUT2D eigenvalue weighted by Crippen LogP contribution is 2.30. The number of nitro groups is 1. The largest absolute Gasteiger partial charge is 0.465 e. The minimum Gasteiger partial charge on any atom is -0.465 e. The number of carbonyl (C=O) groups is 1. The van der Waals surface area contributed by atoms with Crippen LogP contribution in [0.2, 0.25) is 0 Å². The molecule has 0 atom stereocenters. The van der Waals surface area contributed by atoms with Crippen LogP contribution in [0.5, 0.6) is 0 Å². The number of pyridine rings is 1. The number of hydrogen-bond donors (Lipinski definition) is 0. The second-order valence-corrected chi connectivity index (χ2v) is 3.67. The predicted molar refractivity (Wildman–Crippen MR) is 67.7 cm³/mol. The SMILES string of the molecule is COC(=O)c1ccccc1-c1ncccc1[N+](=O)[O-]. The molecule has 6 heteroatoms. The number of methoxy groups -OCH3 is 1. The number of nitrogens with zero attached hydrogens (tertiary/aromatic N) is 2. The Balaban J connectivity index is 2.66. The zero-order valence-corrected chi connectivity index (χ0v) is 10.1. The Kier molecular flexibility index (Phi) is 3.51. The van der Waals surface area contributed by atoms with E-state index in [2.05, 4.69) is 9.72 Å². The first kappa shape index (κ1) is 12.7. The molecule has 0 aliphatic heterocycles. The summed E-state index contributed by atoms with van der Waals surface area (Å²) >= 11 is 0. The molecule has 96 valence electrons. The molecule has 0 N–H and O–H groups in total. The molecule has 1 aromatic heterocycles. The van der Waals surface area contributed by atoms with E-state index in [9.17, 15) is 14.9 Å². The van der Waals surface area contributed by atoms with Gasteiger partial charge >= 0.3 is 5.97 Å². The molecule has 6 nitrogen and oxygen atoms in total. The first-order valence-corrected chi connectivity index (χ1v) is 5.42. The van der Waals surface area contributed by atoms with E-state index in [4.69, 9.17) is 0 Å². The van der Waals surface area contributed by atoms with Gasteiger partial charge < -0.3 is 4.74 Å². The minimum absolute atomic E-state index is 0.147. The Hall–Kier alpha value is -2.76. The van der Waals surface area contributed by atoms with Crippen LogP contribution in [0.15, 0.2) is 42.6 Å². The smallest absolute Gasteiger partial charge is 0.338 e. The van der Waals surface area contributed by atoms with Gasteiger partial charge in [-0.05, 0) is 12.1 Å². The Morgan fingerprint density at radius 3 is 2.68 bits per heavy atom. The molecule has 0 aliphatic carbocycles. The number of esters is 1. The highest BCUT2D eigenvalue weighted by Gasteiger charge is 2.21. The van der Waals surface area contributed by atoms with Crippen molar-refractivity contribution in [2.75, 3.05) is 7.11 Å². The molecule has 19 heavy (non-hydrogen) atoms.